The number of benzene rings is 1. The molecule has 1 saturated carbocycles. The molecule has 0 N–H and O–H groups in total. The van der Waals surface area contributed by atoms with Crippen molar-refractivity contribution in [3.8, 4) is 0 Å². The summed E-state index contributed by atoms with van der Waals surface area (Å²) in [5, 5.41) is 0. The summed E-state index contributed by atoms with van der Waals surface area (Å²) >= 11 is 3.58. The summed E-state index contributed by atoms with van der Waals surface area (Å²) in [6, 6.07) is 7.95. The second-order valence-electron chi connectivity index (χ2n) is 5.17. The monoisotopic (exact) mass is 309 g/mol. The van der Waals surface area contributed by atoms with Crippen molar-refractivity contribution >= 4 is 21.8 Å². The Morgan fingerprint density at radius 2 is 1.94 bits per heavy atom. The molecule has 0 radical (unpaired) electrons. The highest BCUT2D eigenvalue weighted by atomic mass is 79.9. The van der Waals surface area contributed by atoms with E-state index in [9.17, 15) is 4.79 Å². The normalized spacial score (nSPS) is 22.4. The molecule has 1 amide bonds. The van der Waals surface area contributed by atoms with Gasteiger partial charge in [0.25, 0.3) is 5.91 Å². The zero-order chi connectivity index (χ0) is 13.1. The molecule has 0 spiro atoms. The van der Waals surface area contributed by atoms with E-state index < -0.39 is 0 Å². The first-order valence-electron chi connectivity index (χ1n) is 6.58. The van der Waals surface area contributed by atoms with Crippen LogP contribution in [-0.2, 0) is 6.42 Å². The maximum atomic E-state index is 12.2. The van der Waals surface area contributed by atoms with Gasteiger partial charge in [-0.25, -0.2) is 0 Å². The number of hydrogen-bond acceptors (Lipinski definition) is 1. The van der Waals surface area contributed by atoms with Gasteiger partial charge in [0, 0.05) is 24.0 Å². The zero-order valence-corrected chi connectivity index (χ0v) is 12.6. The summed E-state index contributed by atoms with van der Waals surface area (Å²) in [5.41, 5.74) is 2.07. The number of rotatable bonds is 4. The Hall–Kier alpha value is -0.830. The van der Waals surface area contributed by atoms with Crippen LogP contribution in [0.25, 0.3) is 0 Å². The number of hydrogen-bond donors (Lipinski definition) is 0. The third kappa shape index (κ3) is 3.14. The van der Waals surface area contributed by atoms with Gasteiger partial charge in [-0.05, 0) is 42.9 Å². The molecule has 0 atom stereocenters. The van der Waals surface area contributed by atoms with Crippen molar-refractivity contribution in [1.29, 1.82) is 0 Å². The number of halogens is 1. The van der Waals surface area contributed by atoms with Crippen LogP contribution in [-0.4, -0.2) is 29.2 Å². The summed E-state index contributed by atoms with van der Waals surface area (Å²) in [4.78, 5) is 14.7. The van der Waals surface area contributed by atoms with Gasteiger partial charge in [-0.3, -0.25) is 4.79 Å². The predicted molar refractivity (Wildman–Crippen MR) is 78.2 cm³/mol. The number of carbonyl (C=O) groups excluding carboxylic acids is 1. The van der Waals surface area contributed by atoms with E-state index in [1.54, 1.807) is 0 Å². The van der Waals surface area contributed by atoms with Gasteiger partial charge in [0.2, 0.25) is 0 Å². The molecule has 1 aliphatic carbocycles. The minimum absolute atomic E-state index is 0.135. The molecule has 98 valence electrons. The molecule has 0 unspecified atom stereocenters. The number of amides is 1. The minimum atomic E-state index is 0.135. The second-order valence-corrected chi connectivity index (χ2v) is 6.47. The Morgan fingerprint density at radius 3 is 2.44 bits per heavy atom. The standard InChI is InChI=1S/C15H20BrNO/c1-3-11-4-6-13(7-5-11)15(18)17(2)10-12-8-14(16)9-12/h4-7,12,14H,3,8-10H2,1-2H3. The molecule has 1 aromatic carbocycles. The van der Waals surface area contributed by atoms with E-state index in [0.29, 0.717) is 10.7 Å². The molecule has 1 aromatic rings. The van der Waals surface area contributed by atoms with Gasteiger partial charge in [-0.2, -0.15) is 0 Å². The highest BCUT2D eigenvalue weighted by Crippen LogP contribution is 2.33. The largest absolute Gasteiger partial charge is 0.341 e. The average molecular weight is 310 g/mol. The van der Waals surface area contributed by atoms with Crippen molar-refractivity contribution < 1.29 is 4.79 Å². The van der Waals surface area contributed by atoms with Crippen LogP contribution in [0.15, 0.2) is 24.3 Å². The van der Waals surface area contributed by atoms with E-state index in [-0.39, 0.29) is 5.91 Å². The minimum Gasteiger partial charge on any atom is -0.341 e. The van der Waals surface area contributed by atoms with Crippen LogP contribution in [0.2, 0.25) is 0 Å². The fourth-order valence-corrected chi connectivity index (χ4v) is 3.43. The summed E-state index contributed by atoms with van der Waals surface area (Å²) in [6.45, 7) is 2.99. The van der Waals surface area contributed by atoms with E-state index in [0.717, 1.165) is 18.5 Å². The van der Waals surface area contributed by atoms with Gasteiger partial charge in [-0.15, -0.1) is 0 Å². The van der Waals surface area contributed by atoms with Crippen molar-refractivity contribution in [2.45, 2.75) is 31.0 Å². The lowest BCUT2D eigenvalue weighted by molar-refractivity contribution is 0.0749. The molecule has 18 heavy (non-hydrogen) atoms. The van der Waals surface area contributed by atoms with Crippen molar-refractivity contribution in [3.05, 3.63) is 35.4 Å². The Kier molecular flexibility index (Phi) is 4.44. The second kappa shape index (κ2) is 5.87. The molecule has 3 heteroatoms. The predicted octanol–water partition coefficient (Wildman–Crippen LogP) is 3.49. The first-order chi connectivity index (χ1) is 8.60. The van der Waals surface area contributed by atoms with Gasteiger partial charge in [0.15, 0.2) is 0 Å². The molecule has 0 aromatic heterocycles. The van der Waals surface area contributed by atoms with Gasteiger partial charge in [-0.1, -0.05) is 35.0 Å². The van der Waals surface area contributed by atoms with Crippen molar-refractivity contribution in [2.24, 2.45) is 5.92 Å². The molecule has 0 bridgehead atoms. The van der Waals surface area contributed by atoms with Gasteiger partial charge < -0.3 is 4.90 Å². The Bertz CT molecular complexity index is 409. The number of aryl methyl sites for hydroxylation is 1. The van der Waals surface area contributed by atoms with E-state index >= 15 is 0 Å². The lowest BCUT2D eigenvalue weighted by atomic mass is 9.85. The molecular weight excluding hydrogens is 290 g/mol. The first kappa shape index (κ1) is 13.6. The van der Waals surface area contributed by atoms with E-state index in [4.69, 9.17) is 0 Å². The molecule has 2 rings (SSSR count). The molecule has 2 nitrogen and oxygen atoms in total. The van der Waals surface area contributed by atoms with Gasteiger partial charge in [0.05, 0.1) is 0 Å². The van der Waals surface area contributed by atoms with Crippen LogP contribution in [0.1, 0.15) is 35.7 Å². The smallest absolute Gasteiger partial charge is 0.253 e. The Balaban J connectivity index is 1.92. The van der Waals surface area contributed by atoms with E-state index in [2.05, 4.69) is 22.9 Å². The fraction of sp³-hybridized carbons (Fsp3) is 0.533. The van der Waals surface area contributed by atoms with Crippen LogP contribution < -0.4 is 0 Å². The number of carbonyl (C=O) groups is 1. The average Bonchev–Trinajstić information content (AvgIpc) is 2.36. The number of nitrogens with zero attached hydrogens (tertiary/aromatic N) is 1. The van der Waals surface area contributed by atoms with Crippen LogP contribution in [0.3, 0.4) is 0 Å². The highest BCUT2D eigenvalue weighted by molar-refractivity contribution is 9.09. The molecular formula is C15H20BrNO. The maximum absolute atomic E-state index is 12.2. The molecule has 0 aliphatic heterocycles. The highest BCUT2D eigenvalue weighted by Gasteiger charge is 2.28. The molecule has 0 saturated heterocycles. The third-order valence-corrected chi connectivity index (χ3v) is 4.41. The topological polar surface area (TPSA) is 20.3 Å². The SMILES string of the molecule is CCc1ccc(C(=O)N(C)CC2CC(Br)C2)cc1. The molecule has 1 aliphatic rings. The summed E-state index contributed by atoms with van der Waals surface area (Å²) in [5.74, 6) is 0.800. The van der Waals surface area contributed by atoms with Gasteiger partial charge in [0.1, 0.15) is 0 Å². The quantitative estimate of drug-likeness (QED) is 0.780. The lowest BCUT2D eigenvalue weighted by Crippen LogP contribution is -2.37. The lowest BCUT2D eigenvalue weighted by Gasteiger charge is -2.34. The summed E-state index contributed by atoms with van der Waals surface area (Å²) < 4.78 is 0. The Labute approximate surface area is 117 Å². The third-order valence-electron chi connectivity index (χ3n) is 3.67. The van der Waals surface area contributed by atoms with Gasteiger partial charge >= 0.3 is 0 Å². The van der Waals surface area contributed by atoms with Crippen LogP contribution in [0, 0.1) is 5.92 Å². The summed E-state index contributed by atoms with van der Waals surface area (Å²) in [7, 11) is 1.90. The van der Waals surface area contributed by atoms with Crippen LogP contribution in [0.4, 0.5) is 0 Å². The fourth-order valence-electron chi connectivity index (χ4n) is 2.38. The summed E-state index contributed by atoms with van der Waals surface area (Å²) in [6.07, 6.45) is 3.39. The molecule has 0 heterocycles. The van der Waals surface area contributed by atoms with E-state index in [1.807, 2.05) is 36.2 Å². The van der Waals surface area contributed by atoms with Crippen LogP contribution in [0.5, 0.6) is 0 Å². The van der Waals surface area contributed by atoms with Crippen molar-refractivity contribution in [2.75, 3.05) is 13.6 Å². The van der Waals surface area contributed by atoms with Crippen LogP contribution >= 0.6 is 15.9 Å². The van der Waals surface area contributed by atoms with Crippen molar-refractivity contribution in [3.63, 3.8) is 0 Å². The Morgan fingerprint density at radius 1 is 1.33 bits per heavy atom. The van der Waals surface area contributed by atoms with Crippen molar-refractivity contribution in [1.82, 2.24) is 4.90 Å². The first-order valence-corrected chi connectivity index (χ1v) is 7.50. The molecule has 1 fully saturated rings. The number of alkyl halides is 1. The van der Waals surface area contributed by atoms with E-state index in [1.165, 1.54) is 18.4 Å². The maximum Gasteiger partial charge on any atom is 0.253 e. The zero-order valence-electron chi connectivity index (χ0n) is 11.0.